The van der Waals surface area contributed by atoms with Gasteiger partial charge in [-0.3, -0.25) is 15.2 Å². The highest BCUT2D eigenvalue weighted by Gasteiger charge is 2.32. The number of halogens is 3. The lowest BCUT2D eigenvalue weighted by Gasteiger charge is -2.20. The molecule has 0 aliphatic rings. The van der Waals surface area contributed by atoms with Crippen LogP contribution in [0.4, 0.5) is 42.0 Å². The number of amides is 1. The Morgan fingerprint density at radius 3 is 2.46 bits per heavy atom. The zero-order chi connectivity index (χ0) is 25.6. The average Bonchev–Trinajstić information content (AvgIpc) is 2.82. The molecule has 0 aliphatic heterocycles. The monoisotopic (exact) mass is 490 g/mol. The molecule has 2 aromatic heterocycles. The number of aromatic nitrogens is 2. The molecule has 0 unspecified atom stereocenters. The van der Waals surface area contributed by atoms with Gasteiger partial charge in [-0.2, -0.15) is 13.2 Å². The largest absolute Gasteiger partial charge is 0.495 e. The van der Waals surface area contributed by atoms with Crippen molar-refractivity contribution >= 4 is 35.2 Å². The molecule has 0 fully saturated rings. The van der Waals surface area contributed by atoms with Crippen molar-refractivity contribution in [1.82, 2.24) is 15.0 Å². The molecule has 9 nitrogen and oxygen atoms in total. The standard InChI is InChI=1S/C23H25F3N6O3/c1-14-17(27-16-9-8-15(12-34-3)10-18(16)35-4)11-21(30-22(14)31-32(2)13-33)29-20-7-5-6-19(28-20)23(24,25)26/h5-11,13H,12H2,1-4H3,(H3,27,28,29,30,31). The van der Waals surface area contributed by atoms with Crippen LogP contribution >= 0.6 is 0 Å². The zero-order valence-electron chi connectivity index (χ0n) is 19.5. The van der Waals surface area contributed by atoms with Crippen LogP contribution in [0.1, 0.15) is 16.8 Å². The van der Waals surface area contributed by atoms with Crippen LogP contribution < -0.4 is 20.8 Å². The summed E-state index contributed by atoms with van der Waals surface area (Å²) in [5, 5.41) is 7.22. The third-order valence-electron chi connectivity index (χ3n) is 4.85. The second-order valence-electron chi connectivity index (χ2n) is 7.48. The number of ether oxygens (including phenoxy) is 2. The summed E-state index contributed by atoms with van der Waals surface area (Å²) in [6.07, 6.45) is -4.03. The fourth-order valence-corrected chi connectivity index (χ4v) is 3.14. The van der Waals surface area contributed by atoms with Gasteiger partial charge in [0.25, 0.3) is 0 Å². The quantitative estimate of drug-likeness (QED) is 0.274. The Kier molecular flexibility index (Phi) is 7.97. The van der Waals surface area contributed by atoms with Gasteiger partial charge in [-0.15, -0.1) is 0 Å². The van der Waals surface area contributed by atoms with Crippen molar-refractivity contribution < 1.29 is 27.4 Å². The van der Waals surface area contributed by atoms with E-state index in [0.717, 1.165) is 16.6 Å². The van der Waals surface area contributed by atoms with Crippen LogP contribution in [0.3, 0.4) is 0 Å². The minimum atomic E-state index is -4.59. The molecule has 0 bridgehead atoms. The molecular weight excluding hydrogens is 465 g/mol. The first kappa shape index (κ1) is 25.6. The summed E-state index contributed by atoms with van der Waals surface area (Å²) >= 11 is 0. The summed E-state index contributed by atoms with van der Waals surface area (Å²) in [4.78, 5) is 19.2. The maximum atomic E-state index is 13.1. The number of pyridine rings is 2. The van der Waals surface area contributed by atoms with Crippen molar-refractivity contribution in [2.75, 3.05) is 37.3 Å². The van der Waals surface area contributed by atoms with Gasteiger partial charge >= 0.3 is 6.18 Å². The summed E-state index contributed by atoms with van der Waals surface area (Å²) in [6.45, 7) is 2.18. The molecule has 0 radical (unpaired) electrons. The number of nitrogens with one attached hydrogen (secondary N) is 3. The van der Waals surface area contributed by atoms with Crippen molar-refractivity contribution in [3.63, 3.8) is 0 Å². The van der Waals surface area contributed by atoms with Gasteiger partial charge in [-0.1, -0.05) is 12.1 Å². The number of methoxy groups -OCH3 is 2. The second kappa shape index (κ2) is 10.9. The minimum Gasteiger partial charge on any atom is -0.495 e. The molecule has 0 atom stereocenters. The lowest BCUT2D eigenvalue weighted by atomic mass is 10.1. The summed E-state index contributed by atoms with van der Waals surface area (Å²) in [5.41, 5.74) is 4.55. The number of nitrogens with zero attached hydrogens (tertiary/aromatic N) is 3. The van der Waals surface area contributed by atoms with Gasteiger partial charge < -0.3 is 20.1 Å². The third kappa shape index (κ3) is 6.51. The molecule has 0 saturated heterocycles. The molecule has 3 aromatic rings. The van der Waals surface area contributed by atoms with Crippen molar-refractivity contribution in [3.8, 4) is 5.75 Å². The van der Waals surface area contributed by atoms with Gasteiger partial charge in [0.1, 0.15) is 23.1 Å². The van der Waals surface area contributed by atoms with E-state index in [1.165, 1.54) is 26.3 Å². The molecule has 0 spiro atoms. The van der Waals surface area contributed by atoms with E-state index in [1.54, 1.807) is 20.1 Å². The SMILES string of the molecule is COCc1ccc(Nc2cc(Nc3cccc(C(F)(F)F)n3)nc(NN(C)C=O)c2C)c(OC)c1. The molecule has 12 heteroatoms. The Morgan fingerprint density at radius 2 is 1.80 bits per heavy atom. The Labute approximate surface area is 200 Å². The molecular formula is C23H25F3N6O3. The van der Waals surface area contributed by atoms with Crippen LogP contribution in [0.25, 0.3) is 0 Å². The number of benzene rings is 1. The lowest BCUT2D eigenvalue weighted by Crippen LogP contribution is -2.24. The number of alkyl halides is 3. The van der Waals surface area contributed by atoms with Crippen LogP contribution in [0.2, 0.25) is 0 Å². The van der Waals surface area contributed by atoms with Crippen LogP contribution in [0.15, 0.2) is 42.5 Å². The predicted octanol–water partition coefficient (Wildman–Crippen LogP) is 4.86. The van der Waals surface area contributed by atoms with Gasteiger partial charge in [-0.25, -0.2) is 9.97 Å². The van der Waals surface area contributed by atoms with E-state index in [1.807, 2.05) is 18.2 Å². The van der Waals surface area contributed by atoms with Crippen molar-refractivity contribution in [3.05, 3.63) is 59.3 Å². The van der Waals surface area contributed by atoms with E-state index in [0.29, 0.717) is 41.5 Å². The van der Waals surface area contributed by atoms with E-state index in [4.69, 9.17) is 9.47 Å². The third-order valence-corrected chi connectivity index (χ3v) is 4.85. The van der Waals surface area contributed by atoms with E-state index >= 15 is 0 Å². The first-order chi connectivity index (χ1) is 16.6. The van der Waals surface area contributed by atoms with Gasteiger partial charge in [0.2, 0.25) is 6.41 Å². The number of hydrogen-bond acceptors (Lipinski definition) is 8. The Bertz CT molecular complexity index is 1190. The molecule has 35 heavy (non-hydrogen) atoms. The summed E-state index contributed by atoms with van der Waals surface area (Å²) in [6, 6.07) is 10.7. The fraction of sp³-hybridized carbons (Fsp3) is 0.261. The van der Waals surface area contributed by atoms with Gasteiger partial charge in [0.05, 0.1) is 19.4 Å². The normalized spacial score (nSPS) is 11.1. The molecule has 3 rings (SSSR count). The van der Waals surface area contributed by atoms with E-state index in [9.17, 15) is 18.0 Å². The molecule has 1 aromatic carbocycles. The van der Waals surface area contributed by atoms with Gasteiger partial charge in [0.15, 0.2) is 5.82 Å². The van der Waals surface area contributed by atoms with Crippen molar-refractivity contribution in [1.29, 1.82) is 0 Å². The van der Waals surface area contributed by atoms with Crippen LogP contribution in [0.5, 0.6) is 5.75 Å². The van der Waals surface area contributed by atoms with Crippen molar-refractivity contribution in [2.24, 2.45) is 0 Å². The highest BCUT2D eigenvalue weighted by atomic mass is 19.4. The fourth-order valence-electron chi connectivity index (χ4n) is 3.14. The molecule has 1 amide bonds. The number of hydrogen-bond donors (Lipinski definition) is 3. The first-order valence-electron chi connectivity index (χ1n) is 10.3. The molecule has 0 saturated carbocycles. The Morgan fingerprint density at radius 1 is 1.03 bits per heavy atom. The van der Waals surface area contributed by atoms with Crippen LogP contribution in [-0.2, 0) is 22.3 Å². The highest BCUT2D eigenvalue weighted by molar-refractivity contribution is 5.76. The topological polar surface area (TPSA) is 101 Å². The zero-order valence-corrected chi connectivity index (χ0v) is 19.5. The Balaban J connectivity index is 2.01. The maximum Gasteiger partial charge on any atom is 0.433 e. The number of anilines is 5. The molecule has 186 valence electrons. The van der Waals surface area contributed by atoms with Crippen molar-refractivity contribution in [2.45, 2.75) is 19.7 Å². The number of rotatable bonds is 10. The summed E-state index contributed by atoms with van der Waals surface area (Å²) in [7, 11) is 4.62. The first-order valence-corrected chi connectivity index (χ1v) is 10.3. The molecule has 0 aliphatic carbocycles. The van der Waals surface area contributed by atoms with Gasteiger partial charge in [-0.05, 0) is 36.8 Å². The minimum absolute atomic E-state index is 0.0432. The number of carbonyl (C=O) groups excluding carboxylic acids is 1. The summed E-state index contributed by atoms with van der Waals surface area (Å²) in [5.74, 6) is 1.01. The maximum absolute atomic E-state index is 13.1. The summed E-state index contributed by atoms with van der Waals surface area (Å²) < 4.78 is 49.9. The smallest absolute Gasteiger partial charge is 0.433 e. The van der Waals surface area contributed by atoms with Gasteiger partial charge in [0, 0.05) is 31.5 Å². The van der Waals surface area contributed by atoms with Crippen LogP contribution in [0, 0.1) is 6.92 Å². The highest BCUT2D eigenvalue weighted by Crippen LogP contribution is 2.34. The predicted molar refractivity (Wildman–Crippen MR) is 126 cm³/mol. The lowest BCUT2D eigenvalue weighted by molar-refractivity contribution is -0.141. The van der Waals surface area contributed by atoms with Crippen LogP contribution in [-0.4, -0.2) is 42.7 Å². The Hall–Kier alpha value is -4.06. The van der Waals surface area contributed by atoms with E-state index in [2.05, 4.69) is 26.0 Å². The average molecular weight is 490 g/mol. The van der Waals surface area contributed by atoms with E-state index < -0.39 is 11.9 Å². The van der Waals surface area contributed by atoms with E-state index in [-0.39, 0.29) is 11.6 Å². The number of carbonyl (C=O) groups is 1. The molecule has 2 heterocycles. The molecule has 3 N–H and O–H groups in total. The number of hydrazine groups is 1. The second-order valence-corrected chi connectivity index (χ2v) is 7.48.